The molecule has 1 N–H and O–H groups in total. The van der Waals surface area contributed by atoms with E-state index in [1.54, 1.807) is 12.4 Å². The van der Waals surface area contributed by atoms with Crippen molar-refractivity contribution in [3.8, 4) is 5.75 Å². The average Bonchev–Trinajstić information content (AvgIpc) is 3.36. The number of benzene rings is 1. The third-order valence-electron chi connectivity index (χ3n) is 7.85. The van der Waals surface area contributed by atoms with E-state index in [9.17, 15) is 9.59 Å². The number of carboxylic acids is 1. The highest BCUT2D eigenvalue weighted by Crippen LogP contribution is 2.22. The molecule has 0 saturated carbocycles. The van der Waals surface area contributed by atoms with Crippen LogP contribution in [0.4, 0.5) is 0 Å². The van der Waals surface area contributed by atoms with E-state index in [0.29, 0.717) is 43.5 Å². The van der Waals surface area contributed by atoms with E-state index >= 15 is 0 Å². The van der Waals surface area contributed by atoms with Crippen LogP contribution < -0.4 is 4.74 Å². The number of pyridine rings is 1. The number of carbonyl (C=O) groups excluding carboxylic acids is 1. The molecule has 0 spiro atoms. The lowest BCUT2D eigenvalue weighted by molar-refractivity contribution is -0.138. The van der Waals surface area contributed by atoms with Gasteiger partial charge >= 0.3 is 5.97 Å². The van der Waals surface area contributed by atoms with E-state index in [4.69, 9.17) is 14.8 Å². The minimum atomic E-state index is -0.765. The summed E-state index contributed by atoms with van der Waals surface area (Å²) in [5, 5.41) is 9.02. The summed E-state index contributed by atoms with van der Waals surface area (Å²) >= 11 is 0. The maximum absolute atomic E-state index is 13.5. The van der Waals surface area contributed by atoms with Crippen molar-refractivity contribution in [2.75, 3.05) is 80.1 Å². The Balaban J connectivity index is 1.36. The van der Waals surface area contributed by atoms with Gasteiger partial charge in [0.2, 0.25) is 0 Å². The Morgan fingerprint density at radius 2 is 1.81 bits per heavy atom. The fourth-order valence-electron chi connectivity index (χ4n) is 5.38. The second kappa shape index (κ2) is 15.1. The SMILES string of the molecule is CCN(CCN(C)CC1CCN(CC(=O)O)CC1)C(=O)c1ccc2ncn(Cc3ccccc3OCCN(C)C)c2n1. The van der Waals surface area contributed by atoms with Gasteiger partial charge in [-0.25, -0.2) is 9.97 Å². The van der Waals surface area contributed by atoms with Gasteiger partial charge in [-0.15, -0.1) is 0 Å². The van der Waals surface area contributed by atoms with Gasteiger partial charge in [0.25, 0.3) is 5.91 Å². The van der Waals surface area contributed by atoms with Crippen molar-refractivity contribution >= 4 is 23.0 Å². The highest BCUT2D eigenvalue weighted by molar-refractivity contribution is 5.94. The molecule has 0 aliphatic carbocycles. The number of amides is 1. The van der Waals surface area contributed by atoms with Crippen molar-refractivity contribution in [2.45, 2.75) is 26.3 Å². The van der Waals surface area contributed by atoms with Gasteiger partial charge in [0.15, 0.2) is 5.65 Å². The Morgan fingerprint density at radius 3 is 2.52 bits per heavy atom. The Bertz CT molecular complexity index is 1320. The number of likely N-dealkylation sites (N-methyl/N-ethyl adjacent to an activating group) is 3. The quantitative estimate of drug-likeness (QED) is 0.291. The largest absolute Gasteiger partial charge is 0.492 e. The number of nitrogens with zero attached hydrogens (tertiary/aromatic N) is 7. The Kier molecular flexibility index (Phi) is 11.3. The summed E-state index contributed by atoms with van der Waals surface area (Å²) in [5.41, 5.74) is 2.86. The maximum atomic E-state index is 13.5. The monoisotopic (exact) mass is 579 g/mol. The lowest BCUT2D eigenvalue weighted by atomic mass is 9.96. The zero-order chi connectivity index (χ0) is 30.1. The van der Waals surface area contributed by atoms with Crippen LogP contribution in [-0.4, -0.2) is 131 Å². The van der Waals surface area contributed by atoms with Crippen LogP contribution in [0.2, 0.25) is 0 Å². The molecular weight excluding hydrogens is 534 g/mol. The van der Waals surface area contributed by atoms with Crippen LogP contribution in [0, 0.1) is 5.92 Å². The van der Waals surface area contributed by atoms with Crippen molar-refractivity contribution in [3.05, 3.63) is 54.0 Å². The zero-order valence-electron chi connectivity index (χ0n) is 25.4. The van der Waals surface area contributed by atoms with Crippen LogP contribution in [-0.2, 0) is 11.3 Å². The number of hydrogen-bond acceptors (Lipinski definition) is 8. The van der Waals surface area contributed by atoms with Crippen LogP contribution in [0.15, 0.2) is 42.7 Å². The fourth-order valence-corrected chi connectivity index (χ4v) is 5.38. The molecule has 0 bridgehead atoms. The number of aliphatic carboxylic acids is 1. The van der Waals surface area contributed by atoms with Gasteiger partial charge in [-0.3, -0.25) is 14.5 Å². The van der Waals surface area contributed by atoms with Gasteiger partial charge in [-0.2, -0.15) is 0 Å². The molecule has 228 valence electrons. The van der Waals surface area contributed by atoms with E-state index in [1.807, 2.05) is 65.7 Å². The first kappa shape index (κ1) is 31.4. The predicted octanol–water partition coefficient (Wildman–Crippen LogP) is 2.61. The van der Waals surface area contributed by atoms with Gasteiger partial charge < -0.3 is 29.1 Å². The van der Waals surface area contributed by atoms with Gasteiger partial charge in [0.1, 0.15) is 23.6 Å². The zero-order valence-corrected chi connectivity index (χ0v) is 25.4. The van der Waals surface area contributed by atoms with Gasteiger partial charge in [0.05, 0.1) is 19.4 Å². The molecule has 2 aromatic heterocycles. The summed E-state index contributed by atoms with van der Waals surface area (Å²) in [5.74, 6) is 0.522. The predicted molar refractivity (Wildman–Crippen MR) is 163 cm³/mol. The summed E-state index contributed by atoms with van der Waals surface area (Å²) in [7, 11) is 6.13. The molecule has 1 aliphatic heterocycles. The molecule has 0 unspecified atom stereocenters. The first-order chi connectivity index (χ1) is 20.2. The summed E-state index contributed by atoms with van der Waals surface area (Å²) < 4.78 is 8.01. The normalized spacial score (nSPS) is 14.6. The van der Waals surface area contributed by atoms with Crippen molar-refractivity contribution < 1.29 is 19.4 Å². The lowest BCUT2D eigenvalue weighted by Crippen LogP contribution is -2.42. The molecule has 3 heterocycles. The van der Waals surface area contributed by atoms with Crippen LogP contribution in [0.1, 0.15) is 35.8 Å². The van der Waals surface area contributed by atoms with Crippen molar-refractivity contribution in [3.63, 3.8) is 0 Å². The molecule has 1 aromatic carbocycles. The van der Waals surface area contributed by atoms with Crippen molar-refractivity contribution in [1.29, 1.82) is 0 Å². The highest BCUT2D eigenvalue weighted by atomic mass is 16.5. The standard InChI is InChI=1S/C31H45N7O4/c1-5-37(17-16-35(4)20-24-12-14-36(15-13-24)22-29(39)40)31(41)27-11-10-26-30(33-27)38(23-32-26)21-25-8-6-7-9-28(25)42-19-18-34(2)3/h6-11,23-24H,5,12-22H2,1-4H3,(H,39,40). The molecular formula is C31H45N7O4. The molecule has 1 saturated heterocycles. The summed E-state index contributed by atoms with van der Waals surface area (Å²) in [6.07, 6.45) is 3.76. The molecule has 42 heavy (non-hydrogen) atoms. The third-order valence-corrected chi connectivity index (χ3v) is 7.85. The van der Waals surface area contributed by atoms with E-state index < -0.39 is 5.97 Å². The second-order valence-electron chi connectivity index (χ2n) is 11.4. The number of hydrogen-bond donors (Lipinski definition) is 1. The molecule has 3 aromatic rings. The number of para-hydroxylation sites is 1. The number of rotatable bonds is 15. The van der Waals surface area contributed by atoms with Crippen LogP contribution in [0.25, 0.3) is 11.2 Å². The molecule has 1 aliphatic rings. The maximum Gasteiger partial charge on any atom is 0.317 e. The molecule has 11 heteroatoms. The Labute approximate surface area is 248 Å². The highest BCUT2D eigenvalue weighted by Gasteiger charge is 2.23. The first-order valence-corrected chi connectivity index (χ1v) is 14.8. The van der Waals surface area contributed by atoms with Gasteiger partial charge in [-0.1, -0.05) is 18.2 Å². The number of fused-ring (bicyclic) bond motifs is 1. The number of carboxylic acid groups (broad SMARTS) is 1. The van der Waals surface area contributed by atoms with Gasteiger partial charge in [0, 0.05) is 38.3 Å². The van der Waals surface area contributed by atoms with Crippen LogP contribution >= 0.6 is 0 Å². The molecule has 1 fully saturated rings. The van der Waals surface area contributed by atoms with Crippen LogP contribution in [0.3, 0.4) is 0 Å². The van der Waals surface area contributed by atoms with E-state index in [-0.39, 0.29) is 12.5 Å². The third kappa shape index (κ3) is 8.73. The number of imidazole rings is 1. The number of ether oxygens (including phenoxy) is 1. The number of carbonyl (C=O) groups is 2. The molecule has 0 radical (unpaired) electrons. The van der Waals surface area contributed by atoms with Gasteiger partial charge in [-0.05, 0) is 78.1 Å². The molecule has 4 rings (SSSR count). The minimum absolute atomic E-state index is 0.0880. The topological polar surface area (TPSA) is 107 Å². The smallest absolute Gasteiger partial charge is 0.317 e. The summed E-state index contributed by atoms with van der Waals surface area (Å²) in [4.78, 5) is 42.0. The minimum Gasteiger partial charge on any atom is -0.492 e. The number of aromatic nitrogens is 3. The Hall–Kier alpha value is -3.54. The first-order valence-electron chi connectivity index (χ1n) is 14.8. The number of likely N-dealkylation sites (tertiary alicyclic amines) is 1. The van der Waals surface area contributed by atoms with Crippen LogP contribution in [0.5, 0.6) is 5.75 Å². The van der Waals surface area contributed by atoms with Crippen molar-refractivity contribution in [2.24, 2.45) is 5.92 Å². The average molecular weight is 580 g/mol. The summed E-state index contributed by atoms with van der Waals surface area (Å²) in [6, 6.07) is 11.6. The Morgan fingerprint density at radius 1 is 1.05 bits per heavy atom. The van der Waals surface area contributed by atoms with Crippen molar-refractivity contribution in [1.82, 2.24) is 34.1 Å². The molecule has 1 amide bonds. The molecule has 11 nitrogen and oxygen atoms in total. The fraction of sp³-hybridized carbons (Fsp3) is 0.548. The van der Waals surface area contributed by atoms with E-state index in [1.165, 1.54) is 0 Å². The lowest BCUT2D eigenvalue weighted by Gasteiger charge is -2.33. The summed E-state index contributed by atoms with van der Waals surface area (Å²) in [6.45, 7) is 8.63. The second-order valence-corrected chi connectivity index (χ2v) is 11.4. The molecule has 0 atom stereocenters. The van der Waals surface area contributed by atoms with E-state index in [0.717, 1.165) is 62.4 Å². The number of piperidine rings is 1. The van der Waals surface area contributed by atoms with E-state index in [2.05, 4.69) is 21.8 Å².